The second-order valence-electron chi connectivity index (χ2n) is 12.3. The maximum Gasteiger partial charge on any atom is 0.309 e. The lowest BCUT2D eigenvalue weighted by atomic mass is 9.90. The third-order valence-electron chi connectivity index (χ3n) is 7.57. The van der Waals surface area contributed by atoms with Crippen LogP contribution in [0.15, 0.2) is 0 Å². The van der Waals surface area contributed by atoms with Gasteiger partial charge in [-0.1, -0.05) is 163 Å². The standard InChI is InChI=1S/C20H40O2.C15H30O2/c1-6-7-8-9-10-11-12-13-14-15-16-19(17(2)3)20(21)22-18(4)5;1-2-3-4-5-6-7-8-9-10-11-12-13-14-15(16)17/h17-19H,6-16H2,1-5H3;2-14H2,1H3,(H,16,17). The van der Waals surface area contributed by atoms with E-state index in [0.29, 0.717) is 12.3 Å². The Morgan fingerprint density at radius 1 is 0.538 bits per heavy atom. The summed E-state index contributed by atoms with van der Waals surface area (Å²) in [6.45, 7) is 12.6. The smallest absolute Gasteiger partial charge is 0.309 e. The van der Waals surface area contributed by atoms with E-state index >= 15 is 0 Å². The Labute approximate surface area is 244 Å². The third-order valence-corrected chi connectivity index (χ3v) is 7.57. The first-order chi connectivity index (χ1) is 18.8. The summed E-state index contributed by atoms with van der Waals surface area (Å²) in [4.78, 5) is 22.3. The van der Waals surface area contributed by atoms with E-state index in [-0.39, 0.29) is 18.0 Å². The monoisotopic (exact) mass is 555 g/mol. The zero-order valence-electron chi connectivity index (χ0n) is 27.4. The molecule has 0 aliphatic heterocycles. The lowest BCUT2D eigenvalue weighted by molar-refractivity contribution is -0.154. The van der Waals surface area contributed by atoms with E-state index in [9.17, 15) is 9.59 Å². The predicted octanol–water partition coefficient (Wildman–Crippen LogP) is 11.7. The minimum atomic E-state index is -0.655. The van der Waals surface area contributed by atoms with Crippen molar-refractivity contribution in [2.45, 2.75) is 202 Å². The molecule has 0 aliphatic rings. The first-order valence-electron chi connectivity index (χ1n) is 17.2. The highest BCUT2D eigenvalue weighted by Crippen LogP contribution is 2.22. The largest absolute Gasteiger partial charge is 0.481 e. The van der Waals surface area contributed by atoms with Gasteiger partial charge < -0.3 is 9.84 Å². The molecule has 39 heavy (non-hydrogen) atoms. The number of aliphatic carboxylic acids is 1. The minimum Gasteiger partial charge on any atom is -0.481 e. The molecule has 4 heteroatoms. The van der Waals surface area contributed by atoms with Crippen molar-refractivity contribution in [1.29, 1.82) is 0 Å². The van der Waals surface area contributed by atoms with Gasteiger partial charge in [-0.2, -0.15) is 0 Å². The molecule has 0 aliphatic carbocycles. The van der Waals surface area contributed by atoms with Crippen molar-refractivity contribution in [3.8, 4) is 0 Å². The number of carboxylic acids is 1. The Morgan fingerprint density at radius 2 is 0.872 bits per heavy atom. The van der Waals surface area contributed by atoms with Crippen molar-refractivity contribution in [2.75, 3.05) is 0 Å². The fourth-order valence-corrected chi connectivity index (χ4v) is 5.01. The maximum atomic E-state index is 12.1. The van der Waals surface area contributed by atoms with Crippen LogP contribution in [-0.2, 0) is 14.3 Å². The molecule has 0 heterocycles. The average molecular weight is 555 g/mol. The molecule has 1 N–H and O–H groups in total. The van der Waals surface area contributed by atoms with Crippen LogP contribution in [0.25, 0.3) is 0 Å². The van der Waals surface area contributed by atoms with Gasteiger partial charge in [-0.05, 0) is 32.6 Å². The van der Waals surface area contributed by atoms with Crippen LogP contribution in [-0.4, -0.2) is 23.1 Å². The summed E-state index contributed by atoms with van der Waals surface area (Å²) in [6, 6.07) is 0. The van der Waals surface area contributed by atoms with Crippen LogP contribution in [0, 0.1) is 11.8 Å². The van der Waals surface area contributed by atoms with Crippen molar-refractivity contribution in [1.82, 2.24) is 0 Å². The highest BCUT2D eigenvalue weighted by atomic mass is 16.5. The van der Waals surface area contributed by atoms with Gasteiger partial charge in [0.25, 0.3) is 0 Å². The molecule has 0 aromatic rings. The molecule has 0 spiro atoms. The Hall–Kier alpha value is -1.06. The topological polar surface area (TPSA) is 63.6 Å². The lowest BCUT2D eigenvalue weighted by Gasteiger charge is -2.20. The number of carbonyl (C=O) groups is 2. The molecule has 4 nitrogen and oxygen atoms in total. The molecule has 0 saturated carbocycles. The predicted molar refractivity (Wildman–Crippen MR) is 169 cm³/mol. The van der Waals surface area contributed by atoms with Crippen LogP contribution in [0.5, 0.6) is 0 Å². The first kappa shape index (κ1) is 40.1. The van der Waals surface area contributed by atoms with Gasteiger partial charge in [-0.15, -0.1) is 0 Å². The van der Waals surface area contributed by atoms with Gasteiger partial charge in [-0.3, -0.25) is 9.59 Å². The van der Waals surface area contributed by atoms with E-state index in [0.717, 1.165) is 25.7 Å². The lowest BCUT2D eigenvalue weighted by Crippen LogP contribution is -2.25. The van der Waals surface area contributed by atoms with Crippen LogP contribution in [0.1, 0.15) is 196 Å². The van der Waals surface area contributed by atoms with E-state index in [2.05, 4.69) is 27.7 Å². The molecule has 0 saturated heterocycles. The summed E-state index contributed by atoms with van der Waals surface area (Å²) in [5.41, 5.74) is 0. The molecule has 0 radical (unpaired) electrons. The SMILES string of the molecule is CCCCCCCCCCCCC(C(=O)OC(C)C)C(C)C.CCCCCCCCCCCCCCC(=O)O. The molecule has 1 unspecified atom stereocenters. The molecule has 0 rings (SSSR count). The quantitative estimate of drug-likeness (QED) is 0.0810. The van der Waals surface area contributed by atoms with Crippen molar-refractivity contribution < 1.29 is 19.4 Å². The zero-order chi connectivity index (χ0) is 29.6. The van der Waals surface area contributed by atoms with Crippen LogP contribution < -0.4 is 0 Å². The van der Waals surface area contributed by atoms with E-state index in [4.69, 9.17) is 9.84 Å². The molecule has 0 bridgehead atoms. The number of ether oxygens (including phenoxy) is 1. The van der Waals surface area contributed by atoms with Gasteiger partial charge in [0.15, 0.2) is 0 Å². The van der Waals surface area contributed by atoms with Crippen molar-refractivity contribution in [3.05, 3.63) is 0 Å². The van der Waals surface area contributed by atoms with Crippen molar-refractivity contribution in [3.63, 3.8) is 0 Å². The van der Waals surface area contributed by atoms with Gasteiger partial charge in [0.05, 0.1) is 12.0 Å². The minimum absolute atomic E-state index is 0.000856. The van der Waals surface area contributed by atoms with Gasteiger partial charge >= 0.3 is 11.9 Å². The number of hydrogen-bond acceptors (Lipinski definition) is 3. The highest BCUT2D eigenvalue weighted by Gasteiger charge is 2.23. The molecule has 0 aromatic carbocycles. The van der Waals surface area contributed by atoms with Crippen LogP contribution >= 0.6 is 0 Å². The van der Waals surface area contributed by atoms with Gasteiger partial charge in [0.1, 0.15) is 0 Å². The Bertz CT molecular complexity index is 515. The Kier molecular flexibility index (Phi) is 32.3. The number of esters is 1. The summed E-state index contributed by atoms with van der Waals surface area (Å²) in [7, 11) is 0. The third kappa shape index (κ3) is 33.0. The summed E-state index contributed by atoms with van der Waals surface area (Å²) < 4.78 is 5.38. The number of hydrogen-bond donors (Lipinski definition) is 1. The van der Waals surface area contributed by atoms with Gasteiger partial charge in [-0.25, -0.2) is 0 Å². The van der Waals surface area contributed by atoms with Crippen LogP contribution in [0.3, 0.4) is 0 Å². The molecular formula is C35H70O4. The van der Waals surface area contributed by atoms with Crippen LogP contribution in [0.2, 0.25) is 0 Å². The van der Waals surface area contributed by atoms with Crippen molar-refractivity contribution in [2.24, 2.45) is 11.8 Å². The molecular weight excluding hydrogens is 484 g/mol. The summed E-state index contributed by atoms with van der Waals surface area (Å²) in [6.07, 6.45) is 30.2. The molecule has 0 fully saturated rings. The van der Waals surface area contributed by atoms with E-state index in [1.165, 1.54) is 122 Å². The van der Waals surface area contributed by atoms with E-state index in [1.54, 1.807) is 0 Å². The Morgan fingerprint density at radius 3 is 1.18 bits per heavy atom. The highest BCUT2D eigenvalue weighted by molar-refractivity contribution is 5.72. The summed E-state index contributed by atoms with van der Waals surface area (Å²) in [5.74, 6) is -0.195. The first-order valence-corrected chi connectivity index (χ1v) is 17.2. The normalized spacial score (nSPS) is 11.9. The number of carboxylic acid groups (broad SMARTS) is 1. The van der Waals surface area contributed by atoms with Crippen LogP contribution in [0.4, 0.5) is 0 Å². The van der Waals surface area contributed by atoms with Crippen molar-refractivity contribution >= 4 is 11.9 Å². The van der Waals surface area contributed by atoms with E-state index in [1.807, 2.05) is 13.8 Å². The second-order valence-corrected chi connectivity index (χ2v) is 12.3. The fourth-order valence-electron chi connectivity index (χ4n) is 5.01. The molecule has 0 aromatic heterocycles. The summed E-state index contributed by atoms with van der Waals surface area (Å²) in [5, 5.41) is 8.47. The van der Waals surface area contributed by atoms with Gasteiger partial charge in [0.2, 0.25) is 0 Å². The van der Waals surface area contributed by atoms with E-state index < -0.39 is 5.97 Å². The number of rotatable bonds is 27. The zero-order valence-corrected chi connectivity index (χ0v) is 27.4. The second kappa shape index (κ2) is 31.5. The Balaban J connectivity index is 0. The number of carbonyl (C=O) groups excluding carboxylic acids is 1. The fraction of sp³-hybridized carbons (Fsp3) is 0.943. The molecule has 1 atom stereocenters. The molecule has 0 amide bonds. The number of unbranched alkanes of at least 4 members (excludes halogenated alkanes) is 20. The average Bonchev–Trinajstić information content (AvgIpc) is 2.87. The maximum absolute atomic E-state index is 12.1. The van der Waals surface area contributed by atoms with Gasteiger partial charge in [0, 0.05) is 6.42 Å². The summed E-state index contributed by atoms with van der Waals surface area (Å²) >= 11 is 0. The molecule has 234 valence electrons.